The Morgan fingerprint density at radius 1 is 1.27 bits per heavy atom. The molecule has 0 bridgehead atoms. The fourth-order valence-electron chi connectivity index (χ4n) is 2.43. The summed E-state index contributed by atoms with van der Waals surface area (Å²) in [6.45, 7) is 2.78. The molecule has 8 heteroatoms. The van der Waals surface area contributed by atoms with E-state index in [9.17, 15) is 10.1 Å². The smallest absolute Gasteiger partial charge is 0.270 e. The van der Waals surface area contributed by atoms with Crippen LogP contribution >= 0.6 is 22.9 Å². The summed E-state index contributed by atoms with van der Waals surface area (Å²) in [4.78, 5) is 11.1. The van der Waals surface area contributed by atoms with Crippen LogP contribution < -0.4 is 4.80 Å². The highest BCUT2D eigenvalue weighted by Crippen LogP contribution is 2.22. The standard InChI is InChI=1S/C18H15ClN4O2S/c1-2-22-17(14-6-8-15(19)9-7-14)12-26-18(22)21-20-11-13-4-3-5-16(10-13)23(24)25/h3-12H,2H2,1H3/b20-11-,21-18-. The zero-order valence-corrected chi connectivity index (χ0v) is 15.4. The average Bonchev–Trinajstić information content (AvgIpc) is 3.05. The summed E-state index contributed by atoms with van der Waals surface area (Å²) < 4.78 is 2.05. The lowest BCUT2D eigenvalue weighted by molar-refractivity contribution is -0.384. The summed E-state index contributed by atoms with van der Waals surface area (Å²) in [5.74, 6) is 0. The molecule has 1 heterocycles. The van der Waals surface area contributed by atoms with Crippen LogP contribution in [0.2, 0.25) is 5.02 Å². The zero-order valence-electron chi connectivity index (χ0n) is 13.9. The Morgan fingerprint density at radius 3 is 2.73 bits per heavy atom. The number of hydrogen-bond acceptors (Lipinski definition) is 5. The van der Waals surface area contributed by atoms with E-state index in [1.807, 2.05) is 36.6 Å². The van der Waals surface area contributed by atoms with Gasteiger partial charge in [-0.25, -0.2) is 0 Å². The van der Waals surface area contributed by atoms with Gasteiger partial charge in [0.1, 0.15) is 0 Å². The van der Waals surface area contributed by atoms with Crippen LogP contribution in [0.15, 0.2) is 64.1 Å². The predicted molar refractivity (Wildman–Crippen MR) is 105 cm³/mol. The second-order valence-corrected chi connectivity index (χ2v) is 6.62. The minimum atomic E-state index is -0.433. The van der Waals surface area contributed by atoms with E-state index in [-0.39, 0.29) is 5.69 Å². The van der Waals surface area contributed by atoms with E-state index in [4.69, 9.17) is 11.6 Å². The molecule has 2 aromatic carbocycles. The Bertz CT molecular complexity index is 1020. The molecular formula is C18H15ClN4O2S. The van der Waals surface area contributed by atoms with Crippen molar-refractivity contribution in [3.05, 3.63) is 79.4 Å². The molecular weight excluding hydrogens is 372 g/mol. The second kappa shape index (κ2) is 8.07. The number of nitrogens with zero attached hydrogens (tertiary/aromatic N) is 4. The molecule has 132 valence electrons. The van der Waals surface area contributed by atoms with E-state index in [1.54, 1.807) is 12.1 Å². The van der Waals surface area contributed by atoms with Gasteiger partial charge in [0.25, 0.3) is 5.69 Å². The van der Waals surface area contributed by atoms with Crippen molar-refractivity contribution in [2.75, 3.05) is 0 Å². The Labute approximate surface area is 158 Å². The number of hydrogen-bond donors (Lipinski definition) is 0. The predicted octanol–water partition coefficient (Wildman–Crippen LogP) is 4.73. The third-order valence-corrected chi connectivity index (χ3v) is 4.79. The van der Waals surface area contributed by atoms with Gasteiger partial charge >= 0.3 is 0 Å². The molecule has 0 unspecified atom stereocenters. The van der Waals surface area contributed by atoms with Crippen molar-refractivity contribution < 1.29 is 4.92 Å². The summed E-state index contributed by atoms with van der Waals surface area (Å²) >= 11 is 7.44. The summed E-state index contributed by atoms with van der Waals surface area (Å²) in [5, 5.41) is 21.9. The topological polar surface area (TPSA) is 72.8 Å². The molecule has 1 aromatic heterocycles. The Morgan fingerprint density at radius 2 is 2.04 bits per heavy atom. The summed E-state index contributed by atoms with van der Waals surface area (Å²) in [6.07, 6.45) is 1.51. The molecule has 3 rings (SSSR count). The van der Waals surface area contributed by atoms with Crippen molar-refractivity contribution in [3.63, 3.8) is 0 Å². The van der Waals surface area contributed by atoms with E-state index < -0.39 is 4.92 Å². The van der Waals surface area contributed by atoms with Crippen LogP contribution in [0.5, 0.6) is 0 Å². The van der Waals surface area contributed by atoms with Crippen molar-refractivity contribution in [1.82, 2.24) is 4.57 Å². The molecule has 0 radical (unpaired) electrons. The molecule has 0 spiro atoms. The molecule has 0 aliphatic carbocycles. The van der Waals surface area contributed by atoms with Gasteiger partial charge in [-0.3, -0.25) is 10.1 Å². The zero-order chi connectivity index (χ0) is 18.5. The second-order valence-electron chi connectivity index (χ2n) is 5.35. The average molecular weight is 387 g/mol. The number of benzene rings is 2. The first-order valence-electron chi connectivity index (χ1n) is 7.84. The lowest BCUT2D eigenvalue weighted by Crippen LogP contribution is -2.14. The van der Waals surface area contributed by atoms with Crippen molar-refractivity contribution in [2.24, 2.45) is 10.2 Å². The van der Waals surface area contributed by atoms with E-state index in [0.717, 1.165) is 22.6 Å². The van der Waals surface area contributed by atoms with E-state index in [2.05, 4.69) is 14.8 Å². The van der Waals surface area contributed by atoms with Crippen molar-refractivity contribution in [1.29, 1.82) is 0 Å². The number of nitro groups is 1. The van der Waals surface area contributed by atoms with Gasteiger partial charge in [0.05, 0.1) is 16.8 Å². The largest absolute Gasteiger partial charge is 0.315 e. The van der Waals surface area contributed by atoms with Gasteiger partial charge in [-0.1, -0.05) is 35.9 Å². The number of non-ortho nitro benzene ring substituents is 1. The van der Waals surface area contributed by atoms with Gasteiger partial charge in [0.2, 0.25) is 4.80 Å². The van der Waals surface area contributed by atoms with Crippen LogP contribution in [0, 0.1) is 10.1 Å². The highest BCUT2D eigenvalue weighted by Gasteiger charge is 2.07. The van der Waals surface area contributed by atoms with Crippen LogP contribution in [0.4, 0.5) is 5.69 Å². The molecule has 0 aliphatic rings. The molecule has 0 saturated carbocycles. The van der Waals surface area contributed by atoms with Crippen molar-refractivity contribution in [3.8, 4) is 11.3 Å². The number of nitro benzene ring substituents is 1. The fourth-order valence-corrected chi connectivity index (χ4v) is 3.49. The van der Waals surface area contributed by atoms with Gasteiger partial charge in [-0.15, -0.1) is 16.4 Å². The summed E-state index contributed by atoms with van der Waals surface area (Å²) in [7, 11) is 0. The van der Waals surface area contributed by atoms with Crippen LogP contribution in [-0.4, -0.2) is 15.7 Å². The van der Waals surface area contributed by atoms with Gasteiger partial charge in [-0.2, -0.15) is 5.10 Å². The Kier molecular flexibility index (Phi) is 5.60. The maximum absolute atomic E-state index is 10.8. The highest BCUT2D eigenvalue weighted by atomic mass is 35.5. The number of aromatic nitrogens is 1. The molecule has 0 atom stereocenters. The lowest BCUT2D eigenvalue weighted by atomic mass is 10.2. The molecule has 26 heavy (non-hydrogen) atoms. The molecule has 0 aliphatic heterocycles. The third kappa shape index (κ3) is 4.07. The number of halogens is 1. The van der Waals surface area contributed by atoms with E-state index >= 15 is 0 Å². The minimum absolute atomic E-state index is 0.0266. The molecule has 0 saturated heterocycles. The SMILES string of the molecule is CCn1c(-c2ccc(Cl)cc2)cs/c1=N\N=C/c1cccc([N+](=O)[O-])c1. The van der Waals surface area contributed by atoms with E-state index in [1.165, 1.54) is 29.7 Å². The number of rotatable bonds is 5. The van der Waals surface area contributed by atoms with Gasteiger partial charge in [-0.05, 0) is 24.6 Å². The number of thiazole rings is 1. The quantitative estimate of drug-likeness (QED) is 0.361. The molecule has 0 N–H and O–H groups in total. The molecule has 6 nitrogen and oxygen atoms in total. The van der Waals surface area contributed by atoms with Crippen LogP contribution in [-0.2, 0) is 6.54 Å². The summed E-state index contributed by atoms with van der Waals surface area (Å²) in [6, 6.07) is 13.9. The highest BCUT2D eigenvalue weighted by molar-refractivity contribution is 7.07. The van der Waals surface area contributed by atoms with Gasteiger partial charge in [0, 0.05) is 34.6 Å². The Balaban J connectivity index is 1.91. The maximum atomic E-state index is 10.8. The van der Waals surface area contributed by atoms with Crippen molar-refractivity contribution >= 4 is 34.8 Å². The summed E-state index contributed by atoms with van der Waals surface area (Å²) in [5.41, 5.74) is 2.74. The molecule has 0 fully saturated rings. The van der Waals surface area contributed by atoms with E-state index in [0.29, 0.717) is 10.6 Å². The van der Waals surface area contributed by atoms with Crippen LogP contribution in [0.1, 0.15) is 12.5 Å². The minimum Gasteiger partial charge on any atom is -0.315 e. The maximum Gasteiger partial charge on any atom is 0.270 e. The first-order chi connectivity index (χ1) is 12.6. The lowest BCUT2D eigenvalue weighted by Gasteiger charge is -2.05. The molecule has 0 amide bonds. The van der Waals surface area contributed by atoms with Crippen LogP contribution in [0.3, 0.4) is 0 Å². The first-order valence-corrected chi connectivity index (χ1v) is 9.10. The van der Waals surface area contributed by atoms with Crippen LogP contribution in [0.25, 0.3) is 11.3 Å². The Hall–Kier alpha value is -2.77. The van der Waals surface area contributed by atoms with Crippen molar-refractivity contribution in [2.45, 2.75) is 13.5 Å². The van der Waals surface area contributed by atoms with Gasteiger partial charge < -0.3 is 4.57 Å². The molecule has 3 aromatic rings. The normalized spacial score (nSPS) is 12.0. The first kappa shape index (κ1) is 18.0. The monoisotopic (exact) mass is 386 g/mol. The fraction of sp³-hybridized carbons (Fsp3) is 0.111. The third-order valence-electron chi connectivity index (χ3n) is 3.68. The van der Waals surface area contributed by atoms with Gasteiger partial charge in [0.15, 0.2) is 0 Å².